The summed E-state index contributed by atoms with van der Waals surface area (Å²) in [5, 5.41) is 4.65. The fourth-order valence-corrected chi connectivity index (χ4v) is 7.46. The van der Waals surface area contributed by atoms with Crippen LogP contribution in [0.15, 0.2) is 40.9 Å². The lowest BCUT2D eigenvalue weighted by molar-refractivity contribution is -0.190. The van der Waals surface area contributed by atoms with Crippen LogP contribution in [-0.2, 0) is 20.9 Å². The summed E-state index contributed by atoms with van der Waals surface area (Å²) in [6, 6.07) is 5.71. The summed E-state index contributed by atoms with van der Waals surface area (Å²) in [7, 11) is 0.313. The van der Waals surface area contributed by atoms with Gasteiger partial charge in [0.15, 0.2) is 16.8 Å². The Morgan fingerprint density at radius 2 is 1.92 bits per heavy atom. The monoisotopic (exact) mass is 568 g/mol. The summed E-state index contributed by atoms with van der Waals surface area (Å²) in [4.78, 5) is 20.3. The van der Waals surface area contributed by atoms with E-state index in [0.29, 0.717) is 17.3 Å². The largest absolute Gasteiger partial charge is 0.413 e. The van der Waals surface area contributed by atoms with Crippen molar-refractivity contribution in [3.05, 3.63) is 52.9 Å². The first kappa shape index (κ1) is 26.7. The van der Waals surface area contributed by atoms with Crippen LogP contribution in [0, 0.1) is 5.92 Å². The van der Waals surface area contributed by atoms with Crippen molar-refractivity contribution >= 4 is 44.3 Å². The second-order valence-electron chi connectivity index (χ2n) is 9.70. The molecule has 1 saturated heterocycles. The van der Waals surface area contributed by atoms with Crippen LogP contribution in [0.1, 0.15) is 36.6 Å². The van der Waals surface area contributed by atoms with Gasteiger partial charge in [0.1, 0.15) is 0 Å². The number of carbonyl (C=O) groups excluding carboxylic acids is 1. The SMILES string of the molecule is CN=S1(=O)CCC(C(=O)N(C)[C@@H](c2ccc(N3CCCc4c3cnc3cc(Cl)nn43)cc2)C(F)(F)F)CC1. The Kier molecular flexibility index (Phi) is 7.06. The molecule has 1 aromatic carbocycles. The Morgan fingerprint density at radius 3 is 2.55 bits per heavy atom. The minimum Gasteiger partial charge on any atom is -0.339 e. The number of anilines is 2. The van der Waals surface area contributed by atoms with Gasteiger partial charge in [0.2, 0.25) is 5.91 Å². The first-order valence-electron chi connectivity index (χ1n) is 12.4. The second kappa shape index (κ2) is 10.0. The van der Waals surface area contributed by atoms with Gasteiger partial charge < -0.3 is 9.80 Å². The molecule has 0 radical (unpaired) electrons. The Balaban J connectivity index is 1.40. The number of hydrogen-bond acceptors (Lipinski definition) is 6. The van der Waals surface area contributed by atoms with Gasteiger partial charge in [-0.05, 0) is 43.4 Å². The highest BCUT2D eigenvalue weighted by atomic mass is 35.5. The minimum atomic E-state index is -4.67. The van der Waals surface area contributed by atoms with E-state index in [2.05, 4.69) is 14.4 Å². The molecular weight excluding hydrogens is 541 g/mol. The maximum absolute atomic E-state index is 14.3. The number of halogens is 4. The molecule has 8 nitrogen and oxygen atoms in total. The molecule has 3 aromatic rings. The highest BCUT2D eigenvalue weighted by Gasteiger charge is 2.46. The number of aryl methyl sites for hydroxylation is 1. The van der Waals surface area contributed by atoms with E-state index in [1.165, 1.54) is 26.2 Å². The Morgan fingerprint density at radius 1 is 1.24 bits per heavy atom. The molecule has 0 spiro atoms. The van der Waals surface area contributed by atoms with E-state index < -0.39 is 33.8 Å². The number of carbonyl (C=O) groups is 1. The van der Waals surface area contributed by atoms with Crippen molar-refractivity contribution in [2.45, 2.75) is 37.9 Å². The van der Waals surface area contributed by atoms with Gasteiger partial charge in [-0.2, -0.15) is 18.3 Å². The minimum absolute atomic E-state index is 0.0232. The molecule has 1 fully saturated rings. The van der Waals surface area contributed by atoms with Gasteiger partial charge in [0.05, 0.1) is 17.6 Å². The molecule has 0 unspecified atom stereocenters. The number of fused-ring (bicyclic) bond motifs is 3. The van der Waals surface area contributed by atoms with Crippen molar-refractivity contribution in [1.82, 2.24) is 19.5 Å². The average Bonchev–Trinajstić information content (AvgIpc) is 3.29. The highest BCUT2D eigenvalue weighted by molar-refractivity contribution is 7.93. The molecule has 38 heavy (non-hydrogen) atoms. The summed E-state index contributed by atoms with van der Waals surface area (Å²) in [5.74, 6) is -0.748. The predicted octanol–water partition coefficient (Wildman–Crippen LogP) is 5.04. The molecule has 5 rings (SSSR count). The molecule has 1 atom stereocenters. The van der Waals surface area contributed by atoms with Gasteiger partial charge >= 0.3 is 6.18 Å². The van der Waals surface area contributed by atoms with Crippen LogP contribution >= 0.6 is 11.6 Å². The lowest BCUT2D eigenvalue weighted by atomic mass is 9.98. The number of hydrogen-bond donors (Lipinski definition) is 0. The molecule has 0 aliphatic carbocycles. The molecular formula is C25H28ClF3N6O2S. The molecule has 0 saturated carbocycles. The summed E-state index contributed by atoms with van der Waals surface area (Å²) in [5.41, 5.74) is 3.09. The molecule has 1 amide bonds. The van der Waals surface area contributed by atoms with E-state index >= 15 is 0 Å². The molecule has 204 valence electrons. The van der Waals surface area contributed by atoms with Crippen LogP contribution in [-0.4, -0.2) is 67.9 Å². The Hall–Kier alpha value is -2.86. The van der Waals surface area contributed by atoms with Gasteiger partial charge in [0.25, 0.3) is 0 Å². The second-order valence-corrected chi connectivity index (χ2v) is 12.8. The normalized spacial score (nSPS) is 22.7. The number of aromatic nitrogens is 3. The van der Waals surface area contributed by atoms with Crippen LogP contribution in [0.2, 0.25) is 5.15 Å². The zero-order valence-electron chi connectivity index (χ0n) is 21.0. The van der Waals surface area contributed by atoms with Crippen molar-refractivity contribution in [3.63, 3.8) is 0 Å². The van der Waals surface area contributed by atoms with Crippen molar-refractivity contribution in [3.8, 4) is 0 Å². The maximum atomic E-state index is 14.3. The highest BCUT2D eigenvalue weighted by Crippen LogP contribution is 2.40. The number of nitrogens with zero attached hydrogens (tertiary/aromatic N) is 6. The third-order valence-electron chi connectivity index (χ3n) is 7.44. The first-order chi connectivity index (χ1) is 18.0. The summed E-state index contributed by atoms with van der Waals surface area (Å²) in [6.07, 6.45) is -0.812. The lowest BCUT2D eigenvalue weighted by Crippen LogP contribution is -2.44. The zero-order valence-corrected chi connectivity index (χ0v) is 22.6. The summed E-state index contributed by atoms with van der Waals surface area (Å²) in [6.45, 7) is 0.671. The number of rotatable bonds is 4. The van der Waals surface area contributed by atoms with Crippen LogP contribution in [0.4, 0.5) is 24.5 Å². The number of alkyl halides is 3. The van der Waals surface area contributed by atoms with Gasteiger partial charge in [-0.15, -0.1) is 0 Å². The fourth-order valence-electron chi connectivity index (χ4n) is 5.41. The third kappa shape index (κ3) is 4.95. The average molecular weight is 569 g/mol. The summed E-state index contributed by atoms with van der Waals surface area (Å²) < 4.78 is 60.9. The molecule has 2 aliphatic rings. The fraction of sp³-hybridized carbons (Fsp3) is 0.480. The molecule has 2 aliphatic heterocycles. The predicted molar refractivity (Wildman–Crippen MR) is 140 cm³/mol. The quantitative estimate of drug-likeness (QED) is 0.440. The lowest BCUT2D eigenvalue weighted by Gasteiger charge is -2.35. The van der Waals surface area contributed by atoms with Crippen LogP contribution < -0.4 is 4.90 Å². The van der Waals surface area contributed by atoms with Crippen LogP contribution in [0.5, 0.6) is 0 Å². The van der Waals surface area contributed by atoms with Crippen LogP contribution in [0.3, 0.4) is 0 Å². The topological polar surface area (TPSA) is 83.2 Å². The van der Waals surface area contributed by atoms with Crippen molar-refractivity contribution in [2.24, 2.45) is 10.3 Å². The van der Waals surface area contributed by atoms with Gasteiger partial charge in [-0.25, -0.2) is 18.1 Å². The molecule has 2 aromatic heterocycles. The maximum Gasteiger partial charge on any atom is 0.413 e. The summed E-state index contributed by atoms with van der Waals surface area (Å²) >= 11 is 6.06. The van der Waals surface area contributed by atoms with E-state index in [-0.39, 0.29) is 29.9 Å². The zero-order chi connectivity index (χ0) is 27.2. The van der Waals surface area contributed by atoms with Gasteiger partial charge in [0, 0.05) is 59.5 Å². The van der Waals surface area contributed by atoms with E-state index in [1.54, 1.807) is 28.9 Å². The number of amides is 1. The third-order valence-corrected chi connectivity index (χ3v) is 10.0. The van der Waals surface area contributed by atoms with E-state index in [1.807, 2.05) is 4.90 Å². The van der Waals surface area contributed by atoms with Gasteiger partial charge in [-0.3, -0.25) is 4.79 Å². The molecule has 4 heterocycles. The van der Waals surface area contributed by atoms with E-state index in [0.717, 1.165) is 34.8 Å². The van der Waals surface area contributed by atoms with Crippen molar-refractivity contribution in [1.29, 1.82) is 0 Å². The van der Waals surface area contributed by atoms with Gasteiger partial charge in [-0.1, -0.05) is 23.7 Å². The Labute approximate surface area is 224 Å². The first-order valence-corrected chi connectivity index (χ1v) is 14.6. The smallest absolute Gasteiger partial charge is 0.339 e. The standard InChI is InChI=1S/C25H28ClF3N6O2S/c1-30-38(37)12-9-17(10-13-38)24(36)33(2)23(25(27,28)29)16-5-7-18(8-6-16)34-11-3-4-19-20(34)15-31-22-14-21(26)32-35(19)22/h5-8,14-15,17,23H,3-4,9-13H2,1-2H3/t17?,23-,38?/m0/s1. The van der Waals surface area contributed by atoms with Crippen molar-refractivity contribution in [2.75, 3.05) is 37.0 Å². The van der Waals surface area contributed by atoms with E-state index in [9.17, 15) is 22.2 Å². The van der Waals surface area contributed by atoms with E-state index in [4.69, 9.17) is 11.6 Å². The number of benzene rings is 1. The molecule has 0 N–H and O–H groups in total. The van der Waals surface area contributed by atoms with Crippen LogP contribution in [0.25, 0.3) is 5.65 Å². The molecule has 13 heteroatoms. The van der Waals surface area contributed by atoms with Crippen molar-refractivity contribution < 1.29 is 22.2 Å². The Bertz CT molecular complexity index is 1470. The molecule has 0 bridgehead atoms.